The van der Waals surface area contributed by atoms with Gasteiger partial charge in [0, 0.05) is 30.9 Å². The molecule has 116 valence electrons. The second-order valence-electron chi connectivity index (χ2n) is 5.31. The predicted octanol–water partition coefficient (Wildman–Crippen LogP) is 1.86. The van der Waals surface area contributed by atoms with Crippen molar-refractivity contribution in [1.29, 1.82) is 0 Å². The minimum Gasteiger partial charge on any atom is -0.371 e. The molecule has 1 aliphatic rings. The molecule has 1 saturated heterocycles. The van der Waals surface area contributed by atoms with Crippen molar-refractivity contribution in [2.24, 2.45) is 5.73 Å². The number of hydrogen-bond donors (Lipinski definition) is 3. The standard InChI is InChI=1S/C15H18FN5O/c16-12-4-3-5-13(21-6-1-2-7-21)10(12)8-18-15-11(14(17)22)9-19-20-15/h3-5,9H,1-2,6-8H2,(H2,17,22)(H2,18,19,20). The lowest BCUT2D eigenvalue weighted by Gasteiger charge is -2.22. The van der Waals surface area contributed by atoms with Gasteiger partial charge >= 0.3 is 0 Å². The van der Waals surface area contributed by atoms with Crippen LogP contribution in [0.1, 0.15) is 28.8 Å². The van der Waals surface area contributed by atoms with Crippen LogP contribution in [-0.4, -0.2) is 29.2 Å². The smallest absolute Gasteiger partial charge is 0.254 e. The molecule has 0 unspecified atom stereocenters. The zero-order valence-electron chi connectivity index (χ0n) is 12.1. The quantitative estimate of drug-likeness (QED) is 0.787. The number of hydrogen-bond acceptors (Lipinski definition) is 4. The van der Waals surface area contributed by atoms with Crippen molar-refractivity contribution in [3.63, 3.8) is 0 Å². The van der Waals surface area contributed by atoms with Crippen molar-refractivity contribution < 1.29 is 9.18 Å². The Bertz CT molecular complexity index is 678. The Labute approximate surface area is 127 Å². The number of carbonyl (C=O) groups excluding carboxylic acids is 1. The molecule has 1 aliphatic heterocycles. The van der Waals surface area contributed by atoms with Crippen molar-refractivity contribution in [2.45, 2.75) is 19.4 Å². The first-order valence-corrected chi connectivity index (χ1v) is 7.26. The van der Waals surface area contributed by atoms with E-state index >= 15 is 0 Å². The number of nitrogens with one attached hydrogen (secondary N) is 2. The molecule has 0 bridgehead atoms. The first-order chi connectivity index (χ1) is 10.7. The third kappa shape index (κ3) is 2.74. The van der Waals surface area contributed by atoms with Crippen molar-refractivity contribution in [1.82, 2.24) is 10.2 Å². The first-order valence-electron chi connectivity index (χ1n) is 7.26. The van der Waals surface area contributed by atoms with E-state index in [1.165, 1.54) is 12.3 Å². The van der Waals surface area contributed by atoms with Gasteiger partial charge in [0.1, 0.15) is 17.2 Å². The summed E-state index contributed by atoms with van der Waals surface area (Å²) in [6.45, 7) is 2.13. The summed E-state index contributed by atoms with van der Waals surface area (Å²) in [6, 6.07) is 5.09. The zero-order valence-corrected chi connectivity index (χ0v) is 12.1. The lowest BCUT2D eigenvalue weighted by molar-refractivity contribution is 0.100. The van der Waals surface area contributed by atoms with Gasteiger partial charge in [0.25, 0.3) is 5.91 Å². The molecule has 3 rings (SSSR count). The van der Waals surface area contributed by atoms with E-state index in [0.29, 0.717) is 11.4 Å². The van der Waals surface area contributed by atoms with Crippen molar-refractivity contribution in [3.8, 4) is 0 Å². The molecule has 0 radical (unpaired) electrons. The molecule has 2 aromatic rings. The Hall–Kier alpha value is -2.57. The second kappa shape index (κ2) is 6.05. The number of nitrogens with two attached hydrogens (primary N) is 1. The van der Waals surface area contributed by atoms with Crippen LogP contribution in [0.15, 0.2) is 24.4 Å². The van der Waals surface area contributed by atoms with Gasteiger partial charge in [-0.1, -0.05) is 6.07 Å². The topological polar surface area (TPSA) is 87.0 Å². The molecule has 2 heterocycles. The van der Waals surface area contributed by atoms with Gasteiger partial charge in [0.15, 0.2) is 0 Å². The molecule has 7 heteroatoms. The molecule has 6 nitrogen and oxygen atoms in total. The van der Waals surface area contributed by atoms with Crippen LogP contribution in [0, 0.1) is 5.82 Å². The SMILES string of the molecule is NC(=O)c1cn[nH]c1NCc1c(F)cccc1N1CCCC1. The predicted molar refractivity (Wildman–Crippen MR) is 82.3 cm³/mol. The van der Waals surface area contributed by atoms with Crippen LogP contribution in [-0.2, 0) is 6.54 Å². The Morgan fingerprint density at radius 2 is 2.18 bits per heavy atom. The van der Waals surface area contributed by atoms with Gasteiger partial charge in [-0.15, -0.1) is 0 Å². The van der Waals surface area contributed by atoms with E-state index in [1.54, 1.807) is 6.07 Å². The number of H-pyrrole nitrogens is 1. The van der Waals surface area contributed by atoms with Crippen molar-refractivity contribution >= 4 is 17.4 Å². The minimum atomic E-state index is -0.579. The highest BCUT2D eigenvalue weighted by molar-refractivity contribution is 5.97. The number of anilines is 2. The van der Waals surface area contributed by atoms with Crippen LogP contribution in [0.3, 0.4) is 0 Å². The number of halogens is 1. The Morgan fingerprint density at radius 1 is 1.41 bits per heavy atom. The Kier molecular flexibility index (Phi) is 3.95. The van der Waals surface area contributed by atoms with Crippen LogP contribution in [0.2, 0.25) is 0 Å². The molecule has 0 atom stereocenters. The van der Waals surface area contributed by atoms with Gasteiger partial charge in [-0.2, -0.15) is 5.10 Å². The van der Waals surface area contributed by atoms with Gasteiger partial charge in [0.2, 0.25) is 0 Å². The second-order valence-corrected chi connectivity index (χ2v) is 5.31. The van der Waals surface area contributed by atoms with E-state index in [4.69, 9.17) is 5.73 Å². The van der Waals surface area contributed by atoms with Gasteiger partial charge in [0.05, 0.1) is 6.20 Å². The molecule has 22 heavy (non-hydrogen) atoms. The number of aromatic nitrogens is 2. The maximum Gasteiger partial charge on any atom is 0.254 e. The Balaban J connectivity index is 1.82. The summed E-state index contributed by atoms with van der Waals surface area (Å²) in [6.07, 6.45) is 3.60. The highest BCUT2D eigenvalue weighted by Gasteiger charge is 2.18. The molecule has 1 amide bonds. The van der Waals surface area contributed by atoms with Gasteiger partial charge in [-0.3, -0.25) is 9.89 Å². The average molecular weight is 303 g/mol. The van der Waals surface area contributed by atoms with Crippen LogP contribution in [0.4, 0.5) is 15.9 Å². The molecular formula is C15H18FN5O. The molecule has 0 saturated carbocycles. The first kappa shape index (κ1) is 14.4. The van der Waals surface area contributed by atoms with Crippen LogP contribution >= 0.6 is 0 Å². The number of primary amides is 1. The minimum absolute atomic E-state index is 0.251. The van der Waals surface area contributed by atoms with Crippen LogP contribution < -0.4 is 16.0 Å². The van der Waals surface area contributed by atoms with Gasteiger partial charge < -0.3 is 16.0 Å². The third-order valence-electron chi connectivity index (χ3n) is 3.89. The zero-order chi connectivity index (χ0) is 15.5. The number of carbonyl (C=O) groups is 1. The van der Waals surface area contributed by atoms with Crippen LogP contribution in [0.25, 0.3) is 0 Å². The molecule has 1 fully saturated rings. The summed E-state index contributed by atoms with van der Waals surface area (Å²) in [5, 5.41) is 9.46. The number of rotatable bonds is 5. The van der Waals surface area contributed by atoms with Gasteiger partial charge in [-0.25, -0.2) is 4.39 Å². The molecule has 1 aromatic carbocycles. The van der Waals surface area contributed by atoms with E-state index in [2.05, 4.69) is 20.4 Å². The average Bonchev–Trinajstić information content (AvgIpc) is 3.17. The molecule has 1 aromatic heterocycles. The van der Waals surface area contributed by atoms with E-state index in [-0.39, 0.29) is 17.9 Å². The largest absolute Gasteiger partial charge is 0.371 e. The van der Waals surface area contributed by atoms with E-state index in [0.717, 1.165) is 31.6 Å². The fourth-order valence-electron chi connectivity index (χ4n) is 2.76. The highest BCUT2D eigenvalue weighted by atomic mass is 19.1. The summed E-state index contributed by atoms with van der Waals surface area (Å²) in [5.74, 6) is -0.440. The molecule has 4 N–H and O–H groups in total. The molecule has 0 aliphatic carbocycles. The summed E-state index contributed by atoms with van der Waals surface area (Å²) < 4.78 is 14.2. The maximum absolute atomic E-state index is 14.2. The maximum atomic E-state index is 14.2. The monoisotopic (exact) mass is 303 g/mol. The van der Waals surface area contributed by atoms with E-state index in [1.807, 2.05) is 6.07 Å². The summed E-state index contributed by atoms with van der Waals surface area (Å²) in [7, 11) is 0. The summed E-state index contributed by atoms with van der Waals surface area (Å²) >= 11 is 0. The lowest BCUT2D eigenvalue weighted by atomic mass is 10.1. The Morgan fingerprint density at radius 3 is 2.91 bits per heavy atom. The number of nitrogens with zero attached hydrogens (tertiary/aromatic N) is 2. The number of amides is 1. The van der Waals surface area contributed by atoms with Crippen LogP contribution in [0.5, 0.6) is 0 Å². The third-order valence-corrected chi connectivity index (χ3v) is 3.89. The highest BCUT2D eigenvalue weighted by Crippen LogP contribution is 2.27. The van der Waals surface area contributed by atoms with Crippen molar-refractivity contribution in [2.75, 3.05) is 23.3 Å². The normalized spacial score (nSPS) is 14.3. The van der Waals surface area contributed by atoms with Crippen molar-refractivity contribution in [3.05, 3.63) is 41.3 Å². The summed E-state index contributed by atoms with van der Waals surface area (Å²) in [5.41, 5.74) is 7.00. The lowest BCUT2D eigenvalue weighted by Crippen LogP contribution is -2.21. The summed E-state index contributed by atoms with van der Waals surface area (Å²) in [4.78, 5) is 13.5. The molecular weight excluding hydrogens is 285 g/mol. The van der Waals surface area contributed by atoms with Gasteiger partial charge in [-0.05, 0) is 25.0 Å². The fraction of sp³-hybridized carbons (Fsp3) is 0.333. The van der Waals surface area contributed by atoms with E-state index in [9.17, 15) is 9.18 Å². The number of benzene rings is 1. The van der Waals surface area contributed by atoms with E-state index < -0.39 is 5.91 Å². The molecule has 0 spiro atoms. The number of aromatic amines is 1. The fourth-order valence-corrected chi connectivity index (χ4v) is 2.76.